The zero-order valence-electron chi connectivity index (χ0n) is 13.0. The van der Waals surface area contributed by atoms with Gasteiger partial charge in [-0.3, -0.25) is 0 Å². The highest BCUT2D eigenvalue weighted by atomic mass is 16.5. The fraction of sp³-hybridized carbons (Fsp3) is 0.556. The summed E-state index contributed by atoms with van der Waals surface area (Å²) in [6.45, 7) is 9.29. The third kappa shape index (κ3) is 5.18. The van der Waals surface area contributed by atoms with E-state index in [9.17, 15) is 5.11 Å². The third-order valence-electron chi connectivity index (χ3n) is 4.11. The molecule has 2 rings (SSSR count). The van der Waals surface area contributed by atoms with Crippen molar-refractivity contribution in [2.24, 2.45) is 5.92 Å². The quantitative estimate of drug-likeness (QED) is 0.784. The Labute approximate surface area is 128 Å². The normalized spacial score (nSPS) is 18.4. The van der Waals surface area contributed by atoms with E-state index in [0.717, 1.165) is 36.7 Å². The summed E-state index contributed by atoms with van der Waals surface area (Å²) in [5.74, 6) is 1.67. The van der Waals surface area contributed by atoms with Crippen molar-refractivity contribution in [2.75, 3.05) is 26.2 Å². The number of nitrogens with zero attached hydrogens (tertiary/aromatic N) is 1. The summed E-state index contributed by atoms with van der Waals surface area (Å²) < 4.78 is 5.79. The number of β-amino-alcohol motifs (C(OH)–C–C–N with tert-alkyl or cyclic N) is 1. The number of ether oxygens (including phenoxy) is 1. The van der Waals surface area contributed by atoms with Crippen molar-refractivity contribution >= 4 is 0 Å². The Balaban J connectivity index is 1.78. The largest absolute Gasteiger partial charge is 0.491 e. The van der Waals surface area contributed by atoms with E-state index in [1.54, 1.807) is 0 Å². The van der Waals surface area contributed by atoms with Gasteiger partial charge >= 0.3 is 0 Å². The number of benzene rings is 1. The minimum Gasteiger partial charge on any atom is -0.491 e. The highest BCUT2D eigenvalue weighted by Gasteiger charge is 2.18. The minimum absolute atomic E-state index is 0.347. The third-order valence-corrected chi connectivity index (χ3v) is 4.11. The first-order chi connectivity index (χ1) is 10.2. The Morgan fingerprint density at radius 1 is 1.38 bits per heavy atom. The summed E-state index contributed by atoms with van der Waals surface area (Å²) in [6.07, 6.45) is 4.69. The van der Waals surface area contributed by atoms with Crippen LogP contribution in [0.4, 0.5) is 0 Å². The summed E-state index contributed by atoms with van der Waals surface area (Å²) >= 11 is 0. The molecular formula is C18H27NO2. The molecule has 0 radical (unpaired) electrons. The number of rotatable bonds is 7. The Morgan fingerprint density at radius 3 is 2.81 bits per heavy atom. The molecule has 1 aromatic carbocycles. The number of aliphatic hydroxyl groups is 1. The van der Waals surface area contributed by atoms with Crippen LogP contribution >= 0.6 is 0 Å². The van der Waals surface area contributed by atoms with E-state index in [0.29, 0.717) is 13.2 Å². The van der Waals surface area contributed by atoms with Gasteiger partial charge < -0.3 is 14.7 Å². The summed E-state index contributed by atoms with van der Waals surface area (Å²) in [7, 11) is 0. The zero-order valence-corrected chi connectivity index (χ0v) is 13.0. The number of allylic oxidation sites excluding steroid dienone is 1. The van der Waals surface area contributed by atoms with Crippen LogP contribution in [0.15, 0.2) is 36.9 Å². The van der Waals surface area contributed by atoms with E-state index in [1.165, 1.54) is 12.8 Å². The lowest BCUT2D eigenvalue weighted by molar-refractivity contribution is 0.0560. The first kappa shape index (κ1) is 16.1. The fourth-order valence-electron chi connectivity index (χ4n) is 2.75. The molecule has 1 aliphatic rings. The molecule has 0 saturated carbocycles. The van der Waals surface area contributed by atoms with Crippen LogP contribution in [-0.2, 0) is 6.42 Å². The highest BCUT2D eigenvalue weighted by Crippen LogP contribution is 2.19. The fourth-order valence-corrected chi connectivity index (χ4v) is 2.75. The van der Waals surface area contributed by atoms with E-state index in [1.807, 2.05) is 30.3 Å². The first-order valence-corrected chi connectivity index (χ1v) is 7.91. The van der Waals surface area contributed by atoms with E-state index >= 15 is 0 Å². The standard InChI is InChI=1S/C18H27NO2/c1-3-6-16-7-4-5-8-18(16)21-14-17(20)13-19-11-9-15(2)10-12-19/h3-5,7-8,15,17,20H,1,6,9-14H2,2H3/t17-/m1/s1. The molecule has 21 heavy (non-hydrogen) atoms. The molecule has 1 aliphatic heterocycles. The van der Waals surface area contributed by atoms with E-state index in [-0.39, 0.29) is 0 Å². The van der Waals surface area contributed by atoms with Crippen LogP contribution in [0.2, 0.25) is 0 Å². The maximum absolute atomic E-state index is 10.2. The number of hydrogen-bond donors (Lipinski definition) is 1. The van der Waals surface area contributed by atoms with Crippen molar-refractivity contribution < 1.29 is 9.84 Å². The molecule has 1 N–H and O–H groups in total. The van der Waals surface area contributed by atoms with Gasteiger partial charge in [0.2, 0.25) is 0 Å². The molecule has 3 heteroatoms. The second-order valence-corrected chi connectivity index (χ2v) is 6.05. The van der Waals surface area contributed by atoms with Crippen LogP contribution in [0.1, 0.15) is 25.3 Å². The maximum atomic E-state index is 10.2. The van der Waals surface area contributed by atoms with Crippen LogP contribution in [0, 0.1) is 5.92 Å². The molecule has 1 aromatic rings. The molecule has 116 valence electrons. The Bertz CT molecular complexity index is 439. The van der Waals surface area contributed by atoms with E-state index in [4.69, 9.17) is 4.74 Å². The van der Waals surface area contributed by atoms with Crippen molar-refractivity contribution in [1.29, 1.82) is 0 Å². The molecule has 0 spiro atoms. The SMILES string of the molecule is C=CCc1ccccc1OC[C@H](O)CN1CCC(C)CC1. The Kier molecular flexibility index (Phi) is 6.27. The molecule has 1 fully saturated rings. The number of aliphatic hydroxyl groups excluding tert-OH is 1. The number of likely N-dealkylation sites (tertiary alicyclic amines) is 1. The average Bonchev–Trinajstić information content (AvgIpc) is 2.49. The second kappa shape index (κ2) is 8.20. The summed E-state index contributed by atoms with van der Waals surface area (Å²) in [6, 6.07) is 7.95. The lowest BCUT2D eigenvalue weighted by atomic mass is 9.99. The topological polar surface area (TPSA) is 32.7 Å². The van der Waals surface area contributed by atoms with Crippen molar-refractivity contribution in [3.8, 4) is 5.75 Å². The van der Waals surface area contributed by atoms with Crippen LogP contribution < -0.4 is 4.74 Å². The molecule has 0 bridgehead atoms. The summed E-state index contributed by atoms with van der Waals surface area (Å²) in [4.78, 5) is 2.34. The number of piperidine rings is 1. The minimum atomic E-state index is -0.435. The van der Waals surface area contributed by atoms with Gasteiger partial charge in [0.15, 0.2) is 0 Å². The molecule has 0 amide bonds. The van der Waals surface area contributed by atoms with Gasteiger partial charge in [0, 0.05) is 6.54 Å². The Morgan fingerprint density at radius 2 is 2.10 bits per heavy atom. The lowest BCUT2D eigenvalue weighted by Crippen LogP contribution is -2.40. The molecule has 1 saturated heterocycles. The van der Waals surface area contributed by atoms with Gasteiger partial charge in [-0.2, -0.15) is 0 Å². The predicted octanol–water partition coefficient (Wildman–Crippen LogP) is 2.89. The van der Waals surface area contributed by atoms with Gasteiger partial charge in [-0.1, -0.05) is 31.2 Å². The van der Waals surface area contributed by atoms with E-state index < -0.39 is 6.10 Å². The van der Waals surface area contributed by atoms with Crippen LogP contribution in [0.5, 0.6) is 5.75 Å². The molecule has 1 atom stereocenters. The average molecular weight is 289 g/mol. The summed E-state index contributed by atoms with van der Waals surface area (Å²) in [5, 5.41) is 10.2. The van der Waals surface area contributed by atoms with Crippen molar-refractivity contribution in [3.63, 3.8) is 0 Å². The van der Waals surface area contributed by atoms with Gasteiger partial charge in [-0.05, 0) is 49.9 Å². The molecule has 0 aromatic heterocycles. The maximum Gasteiger partial charge on any atom is 0.122 e. The highest BCUT2D eigenvalue weighted by molar-refractivity contribution is 5.34. The molecule has 0 unspecified atom stereocenters. The first-order valence-electron chi connectivity index (χ1n) is 7.91. The van der Waals surface area contributed by atoms with Crippen molar-refractivity contribution in [2.45, 2.75) is 32.3 Å². The molecule has 0 aliphatic carbocycles. The van der Waals surface area contributed by atoms with Crippen LogP contribution in [0.25, 0.3) is 0 Å². The van der Waals surface area contributed by atoms with Gasteiger partial charge in [-0.15, -0.1) is 6.58 Å². The molecule has 3 nitrogen and oxygen atoms in total. The van der Waals surface area contributed by atoms with Crippen molar-refractivity contribution in [1.82, 2.24) is 4.90 Å². The van der Waals surface area contributed by atoms with Gasteiger partial charge in [0.25, 0.3) is 0 Å². The van der Waals surface area contributed by atoms with Gasteiger partial charge in [0.1, 0.15) is 18.5 Å². The van der Waals surface area contributed by atoms with Crippen LogP contribution in [-0.4, -0.2) is 42.4 Å². The summed E-state index contributed by atoms with van der Waals surface area (Å²) in [5.41, 5.74) is 1.12. The predicted molar refractivity (Wildman–Crippen MR) is 86.7 cm³/mol. The second-order valence-electron chi connectivity index (χ2n) is 6.05. The van der Waals surface area contributed by atoms with Crippen molar-refractivity contribution in [3.05, 3.63) is 42.5 Å². The monoisotopic (exact) mass is 289 g/mol. The van der Waals surface area contributed by atoms with Crippen LogP contribution in [0.3, 0.4) is 0 Å². The van der Waals surface area contributed by atoms with Gasteiger partial charge in [0.05, 0.1) is 0 Å². The molecule has 1 heterocycles. The van der Waals surface area contributed by atoms with E-state index in [2.05, 4.69) is 18.4 Å². The smallest absolute Gasteiger partial charge is 0.122 e. The number of hydrogen-bond acceptors (Lipinski definition) is 3. The van der Waals surface area contributed by atoms with Gasteiger partial charge in [-0.25, -0.2) is 0 Å². The number of para-hydroxylation sites is 1. The lowest BCUT2D eigenvalue weighted by Gasteiger charge is -2.31. The molecular weight excluding hydrogens is 262 g/mol. The Hall–Kier alpha value is -1.32. The zero-order chi connectivity index (χ0) is 15.1.